The van der Waals surface area contributed by atoms with E-state index in [1.807, 2.05) is 13.3 Å². The van der Waals surface area contributed by atoms with Crippen LogP contribution in [0.15, 0.2) is 28.4 Å². The van der Waals surface area contributed by atoms with Gasteiger partial charge in [-0.15, -0.1) is 0 Å². The second-order valence-corrected chi connectivity index (χ2v) is 4.50. The van der Waals surface area contributed by atoms with E-state index in [-0.39, 0.29) is 0 Å². The second kappa shape index (κ2) is 5.32. The molecular weight excluding hydrogens is 200 g/mol. The number of furan rings is 1. The Labute approximate surface area is 97.1 Å². The molecule has 2 heterocycles. The zero-order valence-corrected chi connectivity index (χ0v) is 10.1. The molecule has 1 N–H and O–H groups in total. The van der Waals surface area contributed by atoms with Gasteiger partial charge in [0.1, 0.15) is 5.76 Å². The molecule has 0 atom stereocenters. The van der Waals surface area contributed by atoms with E-state index in [0.717, 1.165) is 38.4 Å². The van der Waals surface area contributed by atoms with Crippen LogP contribution in [-0.4, -0.2) is 25.0 Å². The van der Waals surface area contributed by atoms with Gasteiger partial charge in [0.05, 0.1) is 12.8 Å². The van der Waals surface area contributed by atoms with Gasteiger partial charge in [0.15, 0.2) is 0 Å². The highest BCUT2D eigenvalue weighted by molar-refractivity contribution is 5.13. The van der Waals surface area contributed by atoms with Crippen LogP contribution in [0.5, 0.6) is 0 Å². The highest BCUT2D eigenvalue weighted by atomic mass is 16.3. The molecule has 0 saturated carbocycles. The molecular formula is C13H20N2O. The Morgan fingerprint density at radius 1 is 1.50 bits per heavy atom. The Bertz CT molecular complexity index is 368. The molecule has 88 valence electrons. The van der Waals surface area contributed by atoms with Crippen molar-refractivity contribution in [1.29, 1.82) is 0 Å². The summed E-state index contributed by atoms with van der Waals surface area (Å²) in [6.45, 7) is 6.21. The molecule has 0 aliphatic carbocycles. The Balaban J connectivity index is 1.91. The largest absolute Gasteiger partial charge is 0.468 e. The first-order valence-electron chi connectivity index (χ1n) is 5.87. The van der Waals surface area contributed by atoms with Crippen molar-refractivity contribution in [3.05, 3.63) is 35.3 Å². The van der Waals surface area contributed by atoms with Crippen LogP contribution in [0.1, 0.15) is 24.7 Å². The first-order valence-corrected chi connectivity index (χ1v) is 5.87. The minimum atomic E-state index is 0.877. The van der Waals surface area contributed by atoms with Gasteiger partial charge in [-0.05, 0) is 26.5 Å². The van der Waals surface area contributed by atoms with Crippen molar-refractivity contribution in [2.75, 3.05) is 20.1 Å². The van der Waals surface area contributed by atoms with Gasteiger partial charge in [0, 0.05) is 25.2 Å². The lowest BCUT2D eigenvalue weighted by atomic mass is 10.1. The number of rotatable bonds is 4. The summed E-state index contributed by atoms with van der Waals surface area (Å²) in [5, 5.41) is 3.13. The van der Waals surface area contributed by atoms with Gasteiger partial charge in [-0.1, -0.05) is 11.6 Å². The molecule has 0 unspecified atom stereocenters. The maximum absolute atomic E-state index is 5.55. The average molecular weight is 220 g/mol. The van der Waals surface area contributed by atoms with E-state index in [2.05, 4.69) is 29.3 Å². The fourth-order valence-electron chi connectivity index (χ4n) is 2.15. The average Bonchev–Trinajstić information content (AvgIpc) is 2.66. The molecule has 2 rings (SSSR count). The molecule has 1 aliphatic rings. The van der Waals surface area contributed by atoms with Crippen molar-refractivity contribution < 1.29 is 4.42 Å². The first-order chi connectivity index (χ1) is 7.78. The van der Waals surface area contributed by atoms with Gasteiger partial charge in [0.25, 0.3) is 0 Å². The predicted octanol–water partition coefficient (Wildman–Crippen LogP) is 2.15. The van der Waals surface area contributed by atoms with Crippen LogP contribution < -0.4 is 5.32 Å². The minimum Gasteiger partial charge on any atom is -0.468 e. The second-order valence-electron chi connectivity index (χ2n) is 4.50. The van der Waals surface area contributed by atoms with Crippen molar-refractivity contribution >= 4 is 0 Å². The molecule has 0 aromatic carbocycles. The lowest BCUT2D eigenvalue weighted by Crippen LogP contribution is -2.28. The Morgan fingerprint density at radius 2 is 2.38 bits per heavy atom. The normalized spacial score (nSPS) is 17.5. The third-order valence-electron chi connectivity index (χ3n) is 2.88. The highest BCUT2D eigenvalue weighted by Gasteiger charge is 2.12. The standard InChI is InChI=1S/C13H20N2O/c1-11-4-3-5-15(8-11)9-13-6-12(7-14-2)10-16-13/h4,6,10,14H,3,5,7-9H2,1-2H3. The van der Waals surface area contributed by atoms with Crippen LogP contribution in [0.25, 0.3) is 0 Å². The molecule has 0 radical (unpaired) electrons. The van der Waals surface area contributed by atoms with Crippen LogP contribution in [0.2, 0.25) is 0 Å². The maximum atomic E-state index is 5.55. The number of hydrogen-bond acceptors (Lipinski definition) is 3. The van der Waals surface area contributed by atoms with Crippen molar-refractivity contribution in [2.45, 2.75) is 26.4 Å². The molecule has 3 nitrogen and oxygen atoms in total. The Kier molecular flexibility index (Phi) is 3.80. The minimum absolute atomic E-state index is 0.877. The van der Waals surface area contributed by atoms with Crippen LogP contribution in [0.3, 0.4) is 0 Å². The van der Waals surface area contributed by atoms with E-state index in [4.69, 9.17) is 4.42 Å². The van der Waals surface area contributed by atoms with E-state index in [9.17, 15) is 0 Å². The van der Waals surface area contributed by atoms with Crippen molar-refractivity contribution in [3.8, 4) is 0 Å². The predicted molar refractivity (Wildman–Crippen MR) is 65.1 cm³/mol. The van der Waals surface area contributed by atoms with E-state index in [1.165, 1.54) is 11.1 Å². The third kappa shape index (κ3) is 2.97. The van der Waals surface area contributed by atoms with Gasteiger partial charge in [-0.25, -0.2) is 0 Å². The number of nitrogens with one attached hydrogen (secondary N) is 1. The molecule has 0 fully saturated rings. The monoisotopic (exact) mass is 220 g/mol. The van der Waals surface area contributed by atoms with Crippen molar-refractivity contribution in [1.82, 2.24) is 10.2 Å². The van der Waals surface area contributed by atoms with Crippen LogP contribution in [0.4, 0.5) is 0 Å². The SMILES string of the molecule is CNCc1coc(CN2CCC=C(C)C2)c1. The highest BCUT2D eigenvalue weighted by Crippen LogP contribution is 2.15. The van der Waals surface area contributed by atoms with E-state index in [1.54, 1.807) is 0 Å². The molecule has 0 spiro atoms. The summed E-state index contributed by atoms with van der Waals surface area (Å²) in [7, 11) is 1.95. The molecule has 1 aliphatic heterocycles. The summed E-state index contributed by atoms with van der Waals surface area (Å²) in [6.07, 6.45) is 5.33. The molecule has 16 heavy (non-hydrogen) atoms. The van der Waals surface area contributed by atoms with Crippen LogP contribution in [0, 0.1) is 0 Å². The van der Waals surface area contributed by atoms with Gasteiger partial charge < -0.3 is 9.73 Å². The summed E-state index contributed by atoms with van der Waals surface area (Å²) in [5.41, 5.74) is 2.69. The van der Waals surface area contributed by atoms with Crippen LogP contribution >= 0.6 is 0 Å². The summed E-state index contributed by atoms with van der Waals surface area (Å²) in [5.74, 6) is 1.07. The lowest BCUT2D eigenvalue weighted by Gasteiger charge is -2.24. The third-order valence-corrected chi connectivity index (χ3v) is 2.88. The Morgan fingerprint density at radius 3 is 3.12 bits per heavy atom. The summed E-state index contributed by atoms with van der Waals surface area (Å²) in [6, 6.07) is 2.14. The molecule has 0 amide bonds. The van der Waals surface area contributed by atoms with E-state index < -0.39 is 0 Å². The molecule has 0 bridgehead atoms. The molecule has 3 heteroatoms. The van der Waals surface area contributed by atoms with Gasteiger partial charge in [0.2, 0.25) is 0 Å². The molecule has 0 saturated heterocycles. The Hall–Kier alpha value is -1.06. The molecule has 1 aromatic rings. The van der Waals surface area contributed by atoms with E-state index in [0.29, 0.717) is 0 Å². The smallest absolute Gasteiger partial charge is 0.118 e. The summed E-state index contributed by atoms with van der Waals surface area (Å²) in [4.78, 5) is 2.43. The van der Waals surface area contributed by atoms with Gasteiger partial charge >= 0.3 is 0 Å². The topological polar surface area (TPSA) is 28.4 Å². The van der Waals surface area contributed by atoms with E-state index >= 15 is 0 Å². The zero-order valence-electron chi connectivity index (χ0n) is 10.1. The zero-order chi connectivity index (χ0) is 11.4. The van der Waals surface area contributed by atoms with Crippen molar-refractivity contribution in [2.24, 2.45) is 0 Å². The summed E-state index contributed by atoms with van der Waals surface area (Å²) >= 11 is 0. The van der Waals surface area contributed by atoms with Crippen molar-refractivity contribution in [3.63, 3.8) is 0 Å². The summed E-state index contributed by atoms with van der Waals surface area (Å²) < 4.78 is 5.55. The lowest BCUT2D eigenvalue weighted by molar-refractivity contribution is 0.258. The van der Waals surface area contributed by atoms with Crippen LogP contribution in [-0.2, 0) is 13.1 Å². The number of nitrogens with zero attached hydrogens (tertiary/aromatic N) is 1. The van der Waals surface area contributed by atoms with Gasteiger partial charge in [-0.3, -0.25) is 4.90 Å². The fraction of sp³-hybridized carbons (Fsp3) is 0.538. The molecule has 1 aromatic heterocycles. The fourth-order valence-corrected chi connectivity index (χ4v) is 2.15. The maximum Gasteiger partial charge on any atom is 0.118 e. The first kappa shape index (κ1) is 11.4. The quantitative estimate of drug-likeness (QED) is 0.788. The number of hydrogen-bond donors (Lipinski definition) is 1. The van der Waals surface area contributed by atoms with Gasteiger partial charge in [-0.2, -0.15) is 0 Å².